The van der Waals surface area contributed by atoms with Crippen molar-refractivity contribution in [3.63, 3.8) is 0 Å². The lowest BCUT2D eigenvalue weighted by Gasteiger charge is -2.27. The molecule has 0 radical (unpaired) electrons. The molecule has 0 unspecified atom stereocenters. The second kappa shape index (κ2) is 6.78. The molecule has 2 amide bonds. The number of carbonyl (C=O) groups excluding carboxylic acids is 2. The molecule has 1 saturated heterocycles. The molecular weight excluding hydrogens is 334 g/mol. The second-order valence-electron chi connectivity index (χ2n) is 6.53. The van der Waals surface area contributed by atoms with Crippen LogP contribution < -0.4 is 9.64 Å². The molecule has 8 nitrogen and oxygen atoms in total. The zero-order valence-electron chi connectivity index (χ0n) is 15.6. The summed E-state index contributed by atoms with van der Waals surface area (Å²) in [5.74, 6) is -0.155. The number of amides is 2. The maximum absolute atomic E-state index is 13.2. The van der Waals surface area contributed by atoms with E-state index in [1.165, 1.54) is 7.11 Å². The van der Waals surface area contributed by atoms with E-state index in [-0.39, 0.29) is 24.3 Å². The maximum atomic E-state index is 13.2. The van der Waals surface area contributed by atoms with E-state index in [1.807, 2.05) is 14.0 Å². The van der Waals surface area contributed by atoms with E-state index in [1.54, 1.807) is 53.1 Å². The smallest absolute Gasteiger partial charge is 0.232 e. The summed E-state index contributed by atoms with van der Waals surface area (Å²) in [6.07, 6.45) is 3.51. The lowest BCUT2D eigenvalue weighted by atomic mass is 9.92. The number of carbonyl (C=O) groups is 2. The number of ether oxygens (including phenoxy) is 1. The fraction of sp³-hybridized carbons (Fsp3) is 0.444. The fourth-order valence-corrected chi connectivity index (χ4v) is 3.39. The monoisotopic (exact) mass is 357 g/mol. The van der Waals surface area contributed by atoms with E-state index in [0.29, 0.717) is 11.6 Å². The third-order valence-electron chi connectivity index (χ3n) is 5.14. The first-order valence-corrected chi connectivity index (χ1v) is 8.37. The van der Waals surface area contributed by atoms with E-state index < -0.39 is 5.92 Å². The van der Waals surface area contributed by atoms with Crippen LogP contribution in [0.15, 0.2) is 24.5 Å². The summed E-state index contributed by atoms with van der Waals surface area (Å²) in [5.41, 5.74) is 2.50. The summed E-state index contributed by atoms with van der Waals surface area (Å²) in [6.45, 7) is 1.94. The average molecular weight is 357 g/mol. The van der Waals surface area contributed by atoms with E-state index in [4.69, 9.17) is 4.74 Å². The first kappa shape index (κ1) is 17.9. The van der Waals surface area contributed by atoms with Crippen molar-refractivity contribution in [3.05, 3.63) is 35.8 Å². The standard InChI is InChI=1S/C18H23N5O3/c1-11-14(10-20-23(11)4)17-13(8-16(24)22(17)3)18(25)21(2)12-6-7-15(26-5)19-9-12/h6-7,9-10,13,17H,8H2,1-5H3/t13-,17-/m0/s1. The molecule has 1 aliphatic heterocycles. The lowest BCUT2D eigenvalue weighted by molar-refractivity contribution is -0.128. The molecule has 0 aliphatic carbocycles. The van der Waals surface area contributed by atoms with Crippen LogP contribution in [0.2, 0.25) is 0 Å². The largest absolute Gasteiger partial charge is 0.481 e. The van der Waals surface area contributed by atoms with Crippen LogP contribution in [0.3, 0.4) is 0 Å². The fourth-order valence-electron chi connectivity index (χ4n) is 3.39. The number of anilines is 1. The topological polar surface area (TPSA) is 80.6 Å². The van der Waals surface area contributed by atoms with Gasteiger partial charge >= 0.3 is 0 Å². The molecule has 0 bridgehead atoms. The number of pyridine rings is 1. The molecule has 0 aromatic carbocycles. The van der Waals surface area contributed by atoms with Crippen molar-refractivity contribution in [1.82, 2.24) is 19.7 Å². The van der Waals surface area contributed by atoms with Crippen LogP contribution in [0.5, 0.6) is 5.88 Å². The van der Waals surface area contributed by atoms with Crippen molar-refractivity contribution in [2.45, 2.75) is 19.4 Å². The van der Waals surface area contributed by atoms with Crippen molar-refractivity contribution in [1.29, 1.82) is 0 Å². The summed E-state index contributed by atoms with van der Waals surface area (Å²) in [7, 11) is 6.82. The highest BCUT2D eigenvalue weighted by Gasteiger charge is 2.45. The molecule has 0 spiro atoms. The molecule has 2 aromatic heterocycles. The third kappa shape index (κ3) is 2.91. The minimum atomic E-state index is -0.470. The van der Waals surface area contributed by atoms with Crippen molar-refractivity contribution in [3.8, 4) is 5.88 Å². The van der Waals surface area contributed by atoms with Crippen LogP contribution in [0, 0.1) is 12.8 Å². The van der Waals surface area contributed by atoms with Gasteiger partial charge in [0.1, 0.15) is 0 Å². The Morgan fingerprint density at radius 2 is 2.04 bits per heavy atom. The molecule has 8 heteroatoms. The third-order valence-corrected chi connectivity index (χ3v) is 5.14. The summed E-state index contributed by atoms with van der Waals surface area (Å²) in [6, 6.07) is 3.15. The van der Waals surface area contributed by atoms with Crippen LogP contribution in [-0.4, -0.2) is 52.7 Å². The Morgan fingerprint density at radius 3 is 2.58 bits per heavy atom. The van der Waals surface area contributed by atoms with Crippen LogP contribution in [0.25, 0.3) is 0 Å². The first-order chi connectivity index (χ1) is 12.3. The lowest BCUT2D eigenvalue weighted by Crippen LogP contribution is -2.36. The minimum Gasteiger partial charge on any atom is -0.481 e. The van der Waals surface area contributed by atoms with Crippen LogP contribution >= 0.6 is 0 Å². The van der Waals surface area contributed by atoms with Gasteiger partial charge in [0.25, 0.3) is 0 Å². The van der Waals surface area contributed by atoms with Crippen LogP contribution in [0.1, 0.15) is 23.7 Å². The number of hydrogen-bond donors (Lipinski definition) is 0. The van der Waals surface area contributed by atoms with Crippen LogP contribution in [-0.2, 0) is 16.6 Å². The van der Waals surface area contributed by atoms with Gasteiger partial charge < -0.3 is 14.5 Å². The Morgan fingerprint density at radius 1 is 1.31 bits per heavy atom. The van der Waals surface area contributed by atoms with E-state index in [0.717, 1.165) is 11.3 Å². The molecule has 0 N–H and O–H groups in total. The number of aromatic nitrogens is 3. The van der Waals surface area contributed by atoms with Crippen molar-refractivity contribution in [2.24, 2.45) is 13.0 Å². The maximum Gasteiger partial charge on any atom is 0.232 e. The SMILES string of the molecule is COc1ccc(N(C)C(=O)[C@H]2CC(=O)N(C)[C@@H]2c2cnn(C)c2C)cn1. The number of methoxy groups -OCH3 is 1. The number of hydrogen-bond acceptors (Lipinski definition) is 5. The van der Waals surface area contributed by atoms with Gasteiger partial charge in [0.2, 0.25) is 17.7 Å². The number of likely N-dealkylation sites (tertiary alicyclic amines) is 1. The van der Waals surface area contributed by atoms with E-state index in [2.05, 4.69) is 10.1 Å². The zero-order chi connectivity index (χ0) is 19.0. The summed E-state index contributed by atoms with van der Waals surface area (Å²) in [4.78, 5) is 32.8. The van der Waals surface area contributed by atoms with Crippen LogP contribution in [0.4, 0.5) is 5.69 Å². The normalized spacial score (nSPS) is 19.7. The quantitative estimate of drug-likeness (QED) is 0.824. The number of aryl methyl sites for hydroxylation is 1. The second-order valence-corrected chi connectivity index (χ2v) is 6.53. The van der Waals surface area contributed by atoms with E-state index >= 15 is 0 Å². The van der Waals surface area contributed by atoms with Gasteiger partial charge in [-0.2, -0.15) is 5.10 Å². The Labute approximate surface area is 152 Å². The Hall–Kier alpha value is -2.90. The highest BCUT2D eigenvalue weighted by Crippen LogP contribution is 2.39. The van der Waals surface area contributed by atoms with Gasteiger partial charge in [-0.3, -0.25) is 14.3 Å². The molecular formula is C18H23N5O3. The molecule has 1 fully saturated rings. The zero-order valence-corrected chi connectivity index (χ0v) is 15.6. The predicted molar refractivity (Wildman–Crippen MR) is 95.8 cm³/mol. The predicted octanol–water partition coefficient (Wildman–Crippen LogP) is 1.31. The van der Waals surface area contributed by atoms with Gasteiger partial charge in [-0.15, -0.1) is 0 Å². The van der Waals surface area contributed by atoms with Gasteiger partial charge in [0, 0.05) is 44.9 Å². The van der Waals surface area contributed by atoms with Crippen molar-refractivity contribution in [2.75, 3.05) is 26.1 Å². The first-order valence-electron chi connectivity index (χ1n) is 8.37. The number of nitrogens with zero attached hydrogens (tertiary/aromatic N) is 5. The van der Waals surface area contributed by atoms with Gasteiger partial charge in [0.05, 0.1) is 37.2 Å². The Balaban J connectivity index is 1.90. The van der Waals surface area contributed by atoms with E-state index in [9.17, 15) is 9.59 Å². The molecule has 0 saturated carbocycles. The highest BCUT2D eigenvalue weighted by atomic mass is 16.5. The molecule has 3 rings (SSSR count). The average Bonchev–Trinajstić information content (AvgIpc) is 3.13. The Kier molecular flexibility index (Phi) is 4.67. The number of rotatable bonds is 4. The van der Waals surface area contributed by atoms with Gasteiger partial charge in [0.15, 0.2) is 0 Å². The molecule has 1 aliphatic rings. The minimum absolute atomic E-state index is 0.0436. The van der Waals surface area contributed by atoms with Gasteiger partial charge in [-0.1, -0.05) is 0 Å². The molecule has 2 aromatic rings. The molecule has 138 valence electrons. The molecule has 26 heavy (non-hydrogen) atoms. The van der Waals surface area contributed by atoms with Gasteiger partial charge in [-0.25, -0.2) is 4.98 Å². The Bertz CT molecular complexity index is 830. The molecule has 2 atom stereocenters. The van der Waals surface area contributed by atoms with Crippen molar-refractivity contribution >= 4 is 17.5 Å². The summed E-state index contributed by atoms with van der Waals surface area (Å²) in [5, 5.41) is 4.27. The summed E-state index contributed by atoms with van der Waals surface area (Å²) < 4.78 is 6.81. The van der Waals surface area contributed by atoms with Crippen molar-refractivity contribution < 1.29 is 14.3 Å². The summed E-state index contributed by atoms with van der Waals surface area (Å²) >= 11 is 0. The highest BCUT2D eigenvalue weighted by molar-refractivity contribution is 5.99. The molecule has 3 heterocycles. The van der Waals surface area contributed by atoms with Gasteiger partial charge in [-0.05, 0) is 13.0 Å².